The fourth-order valence-corrected chi connectivity index (χ4v) is 3.14. The molecule has 0 bridgehead atoms. The fraction of sp³-hybridized carbons (Fsp3) is 0.474. The van der Waals surface area contributed by atoms with E-state index < -0.39 is 36.0 Å². The van der Waals surface area contributed by atoms with E-state index >= 15 is 0 Å². The van der Waals surface area contributed by atoms with Crippen LogP contribution >= 0.6 is 11.6 Å². The average molecular weight is 394 g/mol. The van der Waals surface area contributed by atoms with E-state index in [4.69, 9.17) is 11.6 Å². The highest BCUT2D eigenvalue weighted by Crippen LogP contribution is 2.17. The molecule has 1 saturated carbocycles. The molecule has 1 aromatic carbocycles. The minimum Gasteiger partial charge on any atom is -0.335 e. The van der Waals surface area contributed by atoms with Crippen molar-refractivity contribution in [3.8, 4) is 0 Å². The van der Waals surface area contributed by atoms with E-state index in [1.54, 1.807) is 24.3 Å². The number of Topliss-reactive ketones (excluding diaryl/α,β-unsaturated/α-hetero) is 1. The molecule has 2 rings (SSSR count). The number of carbonyl (C=O) groups excluding carboxylic acids is 4. The first-order chi connectivity index (χ1) is 12.8. The van der Waals surface area contributed by atoms with Crippen LogP contribution in [0.1, 0.15) is 45.4 Å². The Labute approximate surface area is 163 Å². The van der Waals surface area contributed by atoms with E-state index in [9.17, 15) is 19.2 Å². The molecule has 0 spiro atoms. The summed E-state index contributed by atoms with van der Waals surface area (Å²) in [6.45, 7) is 1.24. The lowest BCUT2D eigenvalue weighted by molar-refractivity contribution is -0.134. The Kier molecular flexibility index (Phi) is 7.79. The molecule has 4 amide bonds. The Morgan fingerprint density at radius 2 is 1.70 bits per heavy atom. The van der Waals surface area contributed by atoms with Crippen LogP contribution in [-0.4, -0.2) is 29.7 Å². The largest absolute Gasteiger partial charge is 0.335 e. The molecule has 0 unspecified atom stereocenters. The molecule has 3 N–H and O–H groups in total. The van der Waals surface area contributed by atoms with Gasteiger partial charge < -0.3 is 10.6 Å². The Hall–Kier alpha value is -2.41. The van der Waals surface area contributed by atoms with Gasteiger partial charge in [-0.15, -0.1) is 0 Å². The molecule has 1 atom stereocenters. The molecular formula is C19H24ClN3O4. The van der Waals surface area contributed by atoms with Gasteiger partial charge in [-0.3, -0.25) is 19.7 Å². The van der Waals surface area contributed by atoms with Crippen LogP contribution in [0.15, 0.2) is 24.3 Å². The van der Waals surface area contributed by atoms with E-state index in [-0.39, 0.29) is 6.04 Å². The SMILES string of the molecule is CC(=O)[C@@H](CC(=O)NC(=O)NC1CCCCC1)C(=O)Nc1ccc(Cl)cc1. The Morgan fingerprint density at radius 1 is 1.07 bits per heavy atom. The number of hydrogen-bond acceptors (Lipinski definition) is 4. The first-order valence-corrected chi connectivity index (χ1v) is 9.40. The van der Waals surface area contributed by atoms with Crippen LogP contribution in [0.3, 0.4) is 0 Å². The molecule has 1 aliphatic rings. The van der Waals surface area contributed by atoms with Gasteiger partial charge in [-0.25, -0.2) is 4.79 Å². The zero-order valence-corrected chi connectivity index (χ0v) is 16.0. The number of ketones is 1. The van der Waals surface area contributed by atoms with Gasteiger partial charge in [-0.2, -0.15) is 0 Å². The Morgan fingerprint density at radius 3 is 2.30 bits per heavy atom. The monoisotopic (exact) mass is 393 g/mol. The van der Waals surface area contributed by atoms with Gasteiger partial charge in [0.05, 0.1) is 0 Å². The van der Waals surface area contributed by atoms with E-state index in [1.165, 1.54) is 6.92 Å². The van der Waals surface area contributed by atoms with Crippen molar-refractivity contribution in [2.75, 3.05) is 5.32 Å². The van der Waals surface area contributed by atoms with Crippen LogP contribution < -0.4 is 16.0 Å². The number of nitrogens with one attached hydrogen (secondary N) is 3. The summed E-state index contributed by atoms with van der Waals surface area (Å²) in [5.74, 6) is -2.91. The van der Waals surface area contributed by atoms with E-state index in [0.29, 0.717) is 10.7 Å². The highest BCUT2D eigenvalue weighted by atomic mass is 35.5. The summed E-state index contributed by atoms with van der Waals surface area (Å²) in [6.07, 6.45) is 4.64. The molecule has 0 radical (unpaired) electrons. The summed E-state index contributed by atoms with van der Waals surface area (Å²) >= 11 is 5.79. The second-order valence-corrected chi connectivity index (χ2v) is 7.16. The van der Waals surface area contributed by atoms with E-state index in [1.807, 2.05) is 0 Å². The first kappa shape index (κ1) is 20.9. The number of urea groups is 1. The molecule has 1 aromatic rings. The highest BCUT2D eigenvalue weighted by Gasteiger charge is 2.27. The number of halogens is 1. The summed E-state index contributed by atoms with van der Waals surface area (Å²) in [5.41, 5.74) is 0.464. The zero-order valence-electron chi connectivity index (χ0n) is 15.2. The zero-order chi connectivity index (χ0) is 19.8. The number of hydrogen-bond donors (Lipinski definition) is 3. The second-order valence-electron chi connectivity index (χ2n) is 6.72. The van der Waals surface area contributed by atoms with Gasteiger partial charge in [-0.1, -0.05) is 30.9 Å². The topological polar surface area (TPSA) is 104 Å². The maximum Gasteiger partial charge on any atom is 0.321 e. The smallest absolute Gasteiger partial charge is 0.321 e. The maximum absolute atomic E-state index is 12.3. The first-order valence-electron chi connectivity index (χ1n) is 9.02. The summed E-state index contributed by atoms with van der Waals surface area (Å²) in [7, 11) is 0. The predicted molar refractivity (Wildman–Crippen MR) is 102 cm³/mol. The molecule has 0 aromatic heterocycles. The molecule has 8 heteroatoms. The normalized spacial score (nSPS) is 15.5. The van der Waals surface area contributed by atoms with Crippen LogP contribution in [-0.2, 0) is 14.4 Å². The Balaban J connectivity index is 1.87. The van der Waals surface area contributed by atoms with Gasteiger partial charge in [0.1, 0.15) is 11.7 Å². The summed E-state index contributed by atoms with van der Waals surface area (Å²) in [6, 6.07) is 5.85. The third kappa shape index (κ3) is 7.02. The standard InChI is InChI=1S/C19H24ClN3O4/c1-12(24)16(18(26)21-15-9-7-13(20)8-10-15)11-17(25)23-19(27)22-14-5-3-2-4-6-14/h7-10,14,16H,2-6,11H2,1H3,(H,21,26)(H2,22,23,25,27)/t16-/m1/s1. The van der Waals surface area contributed by atoms with Crippen LogP contribution in [0, 0.1) is 5.92 Å². The molecule has 0 heterocycles. The van der Waals surface area contributed by atoms with Crippen molar-refractivity contribution in [1.29, 1.82) is 0 Å². The molecule has 146 valence electrons. The lowest BCUT2D eigenvalue weighted by Gasteiger charge is -2.22. The summed E-state index contributed by atoms with van der Waals surface area (Å²) < 4.78 is 0. The van der Waals surface area contributed by atoms with Crippen LogP contribution in [0.4, 0.5) is 10.5 Å². The minimum absolute atomic E-state index is 0.0587. The molecule has 1 fully saturated rings. The lowest BCUT2D eigenvalue weighted by atomic mass is 9.96. The van der Waals surface area contributed by atoms with Crippen molar-refractivity contribution in [1.82, 2.24) is 10.6 Å². The number of amides is 4. The fourth-order valence-electron chi connectivity index (χ4n) is 3.02. The van der Waals surface area contributed by atoms with E-state index in [0.717, 1.165) is 32.1 Å². The van der Waals surface area contributed by atoms with Crippen LogP contribution in [0.25, 0.3) is 0 Å². The van der Waals surface area contributed by atoms with Gasteiger partial charge in [0.2, 0.25) is 11.8 Å². The average Bonchev–Trinajstić information content (AvgIpc) is 2.62. The molecule has 0 saturated heterocycles. The van der Waals surface area contributed by atoms with Crippen molar-refractivity contribution < 1.29 is 19.2 Å². The number of benzene rings is 1. The van der Waals surface area contributed by atoms with Crippen molar-refractivity contribution >= 4 is 40.9 Å². The molecule has 7 nitrogen and oxygen atoms in total. The second kappa shape index (κ2) is 10.1. The van der Waals surface area contributed by atoms with Gasteiger partial charge >= 0.3 is 6.03 Å². The summed E-state index contributed by atoms with van der Waals surface area (Å²) in [4.78, 5) is 48.2. The van der Waals surface area contributed by atoms with E-state index in [2.05, 4.69) is 16.0 Å². The molecule has 0 aliphatic heterocycles. The van der Waals surface area contributed by atoms with Gasteiger partial charge in [0, 0.05) is 23.2 Å². The number of imide groups is 1. The van der Waals surface area contributed by atoms with Crippen molar-refractivity contribution in [2.45, 2.75) is 51.5 Å². The number of carbonyl (C=O) groups is 4. The Bertz CT molecular complexity index is 699. The van der Waals surface area contributed by atoms with Crippen LogP contribution in [0.2, 0.25) is 5.02 Å². The van der Waals surface area contributed by atoms with Crippen molar-refractivity contribution in [3.63, 3.8) is 0 Å². The maximum atomic E-state index is 12.3. The molecular weight excluding hydrogens is 370 g/mol. The highest BCUT2D eigenvalue weighted by molar-refractivity contribution is 6.30. The minimum atomic E-state index is -1.18. The summed E-state index contributed by atoms with van der Waals surface area (Å²) in [5, 5.41) is 8.05. The van der Waals surface area contributed by atoms with Crippen molar-refractivity contribution in [2.24, 2.45) is 5.92 Å². The number of rotatable bonds is 6. The van der Waals surface area contributed by atoms with Gasteiger partial charge in [0.15, 0.2) is 0 Å². The molecule has 27 heavy (non-hydrogen) atoms. The van der Waals surface area contributed by atoms with Crippen molar-refractivity contribution in [3.05, 3.63) is 29.3 Å². The third-order valence-corrected chi connectivity index (χ3v) is 4.75. The van der Waals surface area contributed by atoms with Gasteiger partial charge in [0.25, 0.3) is 0 Å². The molecule has 1 aliphatic carbocycles. The lowest BCUT2D eigenvalue weighted by Crippen LogP contribution is -2.46. The van der Waals surface area contributed by atoms with Crippen LogP contribution in [0.5, 0.6) is 0 Å². The predicted octanol–water partition coefficient (Wildman–Crippen LogP) is 3.03. The number of anilines is 1. The third-order valence-electron chi connectivity index (χ3n) is 4.50. The van der Waals surface area contributed by atoms with Gasteiger partial charge in [-0.05, 0) is 44.0 Å². The quantitative estimate of drug-likeness (QED) is 0.646.